The van der Waals surface area contributed by atoms with Gasteiger partial charge in [0.2, 0.25) is 15.9 Å². The number of rotatable bonds is 7. The van der Waals surface area contributed by atoms with E-state index in [2.05, 4.69) is 5.32 Å². The van der Waals surface area contributed by atoms with Crippen molar-refractivity contribution in [2.75, 3.05) is 24.2 Å². The van der Waals surface area contributed by atoms with Crippen LogP contribution in [0.15, 0.2) is 42.5 Å². The molecule has 0 aliphatic carbocycles. The van der Waals surface area contributed by atoms with E-state index < -0.39 is 39.9 Å². The molecule has 1 N–H and O–H groups in total. The van der Waals surface area contributed by atoms with E-state index in [1.165, 1.54) is 7.11 Å². The van der Waals surface area contributed by atoms with Crippen LogP contribution in [0.1, 0.15) is 11.1 Å². The van der Waals surface area contributed by atoms with Gasteiger partial charge in [-0.15, -0.1) is 0 Å². The number of hydrogen-bond donors (Lipinski definition) is 1. The van der Waals surface area contributed by atoms with Crippen LogP contribution in [0.4, 0.5) is 18.9 Å². The molecule has 2 aromatic rings. The molecule has 0 saturated heterocycles. The summed E-state index contributed by atoms with van der Waals surface area (Å²) >= 11 is 5.92. The van der Waals surface area contributed by atoms with E-state index >= 15 is 0 Å². The molecule has 6 nitrogen and oxygen atoms in total. The Balaban J connectivity index is 2.20. The fourth-order valence-corrected chi connectivity index (χ4v) is 3.52. The zero-order valence-electron chi connectivity index (χ0n) is 15.5. The summed E-state index contributed by atoms with van der Waals surface area (Å²) in [4.78, 5) is 12.3. The second kappa shape index (κ2) is 8.91. The van der Waals surface area contributed by atoms with E-state index in [9.17, 15) is 26.4 Å². The summed E-state index contributed by atoms with van der Waals surface area (Å²) in [6.07, 6.45) is -3.92. The van der Waals surface area contributed by atoms with E-state index in [0.29, 0.717) is 16.1 Å². The van der Waals surface area contributed by atoms with Gasteiger partial charge in [0.25, 0.3) is 0 Å². The number of nitrogens with one attached hydrogen (secondary N) is 1. The molecule has 0 saturated carbocycles. The normalized spacial score (nSPS) is 11.8. The number of benzene rings is 2. The SMILES string of the molecule is COc1ccc(CNC(=O)CN(c2cc(C(F)(F)F)ccc2Cl)S(C)(=O)=O)cc1. The highest BCUT2D eigenvalue weighted by Gasteiger charge is 2.33. The lowest BCUT2D eigenvalue weighted by Gasteiger charge is -2.24. The third-order valence-electron chi connectivity index (χ3n) is 3.88. The first kappa shape index (κ1) is 22.8. The largest absolute Gasteiger partial charge is 0.497 e. The number of alkyl halides is 3. The standard InChI is InChI=1S/C18H18ClF3N2O4S/c1-28-14-6-3-12(4-7-14)10-23-17(25)11-24(29(2,26)27)16-9-13(18(20,21)22)5-8-15(16)19/h3-9H,10-11H2,1-2H3,(H,23,25). The fraction of sp³-hybridized carbons (Fsp3) is 0.278. The van der Waals surface area contributed by atoms with Crippen LogP contribution in [-0.4, -0.2) is 34.2 Å². The summed E-state index contributed by atoms with van der Waals surface area (Å²) in [6.45, 7) is -0.632. The third kappa shape index (κ3) is 6.26. The van der Waals surface area contributed by atoms with Crippen LogP contribution in [0.2, 0.25) is 5.02 Å². The van der Waals surface area contributed by atoms with Gasteiger partial charge in [-0.05, 0) is 35.9 Å². The van der Waals surface area contributed by atoms with Crippen LogP contribution in [0.5, 0.6) is 5.75 Å². The Labute approximate surface area is 171 Å². The minimum absolute atomic E-state index is 0.0940. The van der Waals surface area contributed by atoms with E-state index in [4.69, 9.17) is 16.3 Å². The van der Waals surface area contributed by atoms with Gasteiger partial charge in [-0.2, -0.15) is 13.2 Å². The summed E-state index contributed by atoms with van der Waals surface area (Å²) in [7, 11) is -2.58. The molecule has 0 aliphatic heterocycles. The van der Waals surface area contributed by atoms with Gasteiger partial charge in [0, 0.05) is 6.54 Å². The van der Waals surface area contributed by atoms with Crippen molar-refractivity contribution in [3.8, 4) is 5.75 Å². The molecule has 0 heterocycles. The molecule has 158 valence electrons. The average Bonchev–Trinajstić information content (AvgIpc) is 2.63. The number of amides is 1. The molecule has 2 rings (SSSR count). The topological polar surface area (TPSA) is 75.7 Å². The molecule has 0 atom stereocenters. The number of carbonyl (C=O) groups is 1. The number of carbonyl (C=O) groups excluding carboxylic acids is 1. The summed E-state index contributed by atoms with van der Waals surface area (Å²) < 4.78 is 68.8. The van der Waals surface area contributed by atoms with Crippen LogP contribution in [0.3, 0.4) is 0 Å². The van der Waals surface area contributed by atoms with Gasteiger partial charge in [0.1, 0.15) is 12.3 Å². The Hall–Kier alpha value is -2.46. The van der Waals surface area contributed by atoms with Gasteiger partial charge in [0.15, 0.2) is 0 Å². The fourth-order valence-electron chi connectivity index (χ4n) is 2.39. The van der Waals surface area contributed by atoms with Gasteiger partial charge >= 0.3 is 6.18 Å². The molecule has 0 spiro atoms. The van der Waals surface area contributed by atoms with Gasteiger partial charge in [-0.1, -0.05) is 23.7 Å². The minimum Gasteiger partial charge on any atom is -0.497 e. The summed E-state index contributed by atoms with van der Waals surface area (Å²) in [5.41, 5.74) is -0.782. The van der Waals surface area contributed by atoms with Crippen LogP contribution < -0.4 is 14.4 Å². The van der Waals surface area contributed by atoms with Crippen molar-refractivity contribution >= 4 is 33.2 Å². The number of ether oxygens (including phenoxy) is 1. The zero-order valence-corrected chi connectivity index (χ0v) is 17.0. The molecule has 0 bridgehead atoms. The van der Waals surface area contributed by atoms with Crippen molar-refractivity contribution in [1.29, 1.82) is 0 Å². The summed E-state index contributed by atoms with van der Waals surface area (Å²) in [5.74, 6) is -0.0813. The molecule has 0 unspecified atom stereocenters. The van der Waals surface area contributed by atoms with Crippen molar-refractivity contribution in [3.63, 3.8) is 0 Å². The average molecular weight is 451 g/mol. The van der Waals surface area contributed by atoms with Gasteiger partial charge < -0.3 is 10.1 Å². The first-order valence-corrected chi connectivity index (χ1v) is 10.4. The van der Waals surface area contributed by atoms with Crippen molar-refractivity contribution in [2.24, 2.45) is 0 Å². The van der Waals surface area contributed by atoms with Crippen LogP contribution in [-0.2, 0) is 27.5 Å². The lowest BCUT2D eigenvalue weighted by Crippen LogP contribution is -2.40. The lowest BCUT2D eigenvalue weighted by atomic mass is 10.2. The van der Waals surface area contributed by atoms with Crippen LogP contribution in [0, 0.1) is 0 Å². The maximum Gasteiger partial charge on any atom is 0.416 e. The second-order valence-corrected chi connectivity index (χ2v) is 8.37. The number of halogens is 4. The Morgan fingerprint density at radius 1 is 1.17 bits per heavy atom. The smallest absolute Gasteiger partial charge is 0.416 e. The van der Waals surface area contributed by atoms with Crippen LogP contribution in [0.25, 0.3) is 0 Å². The predicted octanol–water partition coefficient (Wildman–Crippen LogP) is 3.45. The Morgan fingerprint density at radius 2 is 1.79 bits per heavy atom. The quantitative estimate of drug-likeness (QED) is 0.701. The molecule has 0 aromatic heterocycles. The molecule has 11 heteroatoms. The van der Waals surface area contributed by atoms with Crippen molar-refractivity contribution in [1.82, 2.24) is 5.32 Å². The third-order valence-corrected chi connectivity index (χ3v) is 5.32. The first-order valence-electron chi connectivity index (χ1n) is 8.16. The van der Waals surface area contributed by atoms with Gasteiger partial charge in [-0.25, -0.2) is 8.42 Å². The van der Waals surface area contributed by atoms with E-state index in [-0.39, 0.29) is 11.6 Å². The predicted molar refractivity (Wildman–Crippen MR) is 103 cm³/mol. The minimum atomic E-state index is -4.70. The zero-order chi connectivity index (χ0) is 21.8. The number of hydrogen-bond acceptors (Lipinski definition) is 4. The highest BCUT2D eigenvalue weighted by atomic mass is 35.5. The van der Waals surface area contributed by atoms with Crippen LogP contribution >= 0.6 is 11.6 Å². The van der Waals surface area contributed by atoms with E-state index in [1.807, 2.05) is 0 Å². The van der Waals surface area contributed by atoms with Gasteiger partial charge in [0.05, 0.1) is 29.6 Å². The van der Waals surface area contributed by atoms with Crippen molar-refractivity contribution in [3.05, 3.63) is 58.6 Å². The van der Waals surface area contributed by atoms with E-state index in [1.54, 1.807) is 24.3 Å². The number of sulfonamides is 1. The monoisotopic (exact) mass is 450 g/mol. The lowest BCUT2D eigenvalue weighted by molar-refractivity contribution is -0.137. The molecule has 0 fully saturated rings. The number of methoxy groups -OCH3 is 1. The Bertz CT molecular complexity index is 980. The molecule has 0 aliphatic rings. The summed E-state index contributed by atoms with van der Waals surface area (Å²) in [6, 6.07) is 9.05. The molecule has 2 aromatic carbocycles. The molecule has 29 heavy (non-hydrogen) atoms. The molecule has 1 amide bonds. The number of anilines is 1. The molecule has 0 radical (unpaired) electrons. The van der Waals surface area contributed by atoms with E-state index in [0.717, 1.165) is 24.0 Å². The number of nitrogens with zero attached hydrogens (tertiary/aromatic N) is 1. The van der Waals surface area contributed by atoms with Gasteiger partial charge in [-0.3, -0.25) is 9.10 Å². The summed E-state index contributed by atoms with van der Waals surface area (Å²) in [5, 5.41) is 2.29. The van der Waals surface area contributed by atoms with Crippen molar-refractivity contribution in [2.45, 2.75) is 12.7 Å². The second-order valence-electron chi connectivity index (χ2n) is 6.06. The highest BCUT2D eigenvalue weighted by molar-refractivity contribution is 7.92. The maximum absolute atomic E-state index is 13.0. The Morgan fingerprint density at radius 3 is 2.31 bits per heavy atom. The molecular weight excluding hydrogens is 433 g/mol. The first-order chi connectivity index (χ1) is 13.4. The molecular formula is C18H18ClF3N2O4S. The highest BCUT2D eigenvalue weighted by Crippen LogP contribution is 2.36. The van der Waals surface area contributed by atoms with Crippen molar-refractivity contribution < 1.29 is 31.1 Å². The Kier molecular flexibility index (Phi) is 7.02. The maximum atomic E-state index is 13.0.